The van der Waals surface area contributed by atoms with E-state index in [2.05, 4.69) is 65.1 Å². The molecule has 2 aromatic rings. The van der Waals surface area contributed by atoms with Crippen LogP contribution in [0.4, 0.5) is 5.69 Å². The van der Waals surface area contributed by atoms with Crippen molar-refractivity contribution in [1.29, 1.82) is 0 Å². The molecule has 29 heavy (non-hydrogen) atoms. The lowest BCUT2D eigenvalue weighted by Crippen LogP contribution is -2.42. The number of nitrogens with one attached hydrogen (secondary N) is 3. The molecule has 3 rings (SSSR count). The highest BCUT2D eigenvalue weighted by Crippen LogP contribution is 2.31. The second kappa shape index (κ2) is 11.2. The maximum Gasteiger partial charge on any atom is 0.225 e. The molecule has 1 aliphatic rings. The van der Waals surface area contributed by atoms with E-state index < -0.39 is 0 Å². The number of rotatable bonds is 6. The Labute approximate surface area is 190 Å². The molecule has 0 spiro atoms. The number of anilines is 1. The minimum absolute atomic E-state index is 0. The molecule has 3 N–H and O–H groups in total. The van der Waals surface area contributed by atoms with Gasteiger partial charge in [0.1, 0.15) is 0 Å². The summed E-state index contributed by atoms with van der Waals surface area (Å²) < 4.78 is 0. The Morgan fingerprint density at radius 1 is 1.10 bits per heavy atom. The van der Waals surface area contributed by atoms with Gasteiger partial charge in [-0.3, -0.25) is 9.79 Å². The van der Waals surface area contributed by atoms with Crippen molar-refractivity contribution in [3.63, 3.8) is 0 Å². The van der Waals surface area contributed by atoms with Gasteiger partial charge < -0.3 is 16.0 Å². The number of hydrogen-bond donors (Lipinski definition) is 3. The van der Waals surface area contributed by atoms with E-state index in [4.69, 9.17) is 0 Å². The van der Waals surface area contributed by atoms with Crippen LogP contribution >= 0.6 is 24.0 Å². The number of benzene rings is 2. The number of nitrogens with zero attached hydrogens (tertiary/aromatic N) is 1. The van der Waals surface area contributed by atoms with Gasteiger partial charge in [0.2, 0.25) is 5.91 Å². The van der Waals surface area contributed by atoms with Crippen LogP contribution in [0.3, 0.4) is 0 Å². The molecule has 2 unspecified atom stereocenters. The molecule has 0 saturated heterocycles. The largest absolute Gasteiger partial charge is 0.356 e. The summed E-state index contributed by atoms with van der Waals surface area (Å²) in [4.78, 5) is 16.4. The molecule has 0 bridgehead atoms. The molecular formula is C23H31IN4O. The van der Waals surface area contributed by atoms with E-state index in [1.165, 1.54) is 11.1 Å². The van der Waals surface area contributed by atoms with Crippen molar-refractivity contribution in [2.45, 2.75) is 32.1 Å². The normalized spacial score (nSPS) is 17.0. The molecule has 1 amide bonds. The molecule has 2 atom stereocenters. The fraction of sp³-hybridized carbons (Fsp3) is 0.391. The van der Waals surface area contributed by atoms with Crippen LogP contribution < -0.4 is 16.0 Å². The average Bonchev–Trinajstić information content (AvgIpc) is 2.70. The summed E-state index contributed by atoms with van der Waals surface area (Å²) in [7, 11) is 1.78. The van der Waals surface area contributed by atoms with Gasteiger partial charge in [0.25, 0.3) is 0 Å². The number of carbonyl (C=O) groups excluding carboxylic acids is 1. The van der Waals surface area contributed by atoms with Gasteiger partial charge >= 0.3 is 0 Å². The van der Waals surface area contributed by atoms with Gasteiger partial charge in [-0.2, -0.15) is 0 Å². The van der Waals surface area contributed by atoms with Crippen molar-refractivity contribution in [3.8, 4) is 0 Å². The van der Waals surface area contributed by atoms with E-state index in [9.17, 15) is 4.79 Å². The van der Waals surface area contributed by atoms with Crippen molar-refractivity contribution < 1.29 is 4.79 Å². The molecular weight excluding hydrogens is 475 g/mol. The Morgan fingerprint density at radius 3 is 2.48 bits per heavy atom. The third kappa shape index (κ3) is 6.19. The highest BCUT2D eigenvalue weighted by Gasteiger charge is 2.25. The van der Waals surface area contributed by atoms with Gasteiger partial charge in [0, 0.05) is 44.1 Å². The number of hydrogen-bond acceptors (Lipinski definition) is 2. The van der Waals surface area contributed by atoms with Crippen molar-refractivity contribution in [2.24, 2.45) is 10.9 Å². The average molecular weight is 506 g/mol. The van der Waals surface area contributed by atoms with E-state index in [-0.39, 0.29) is 35.8 Å². The van der Waals surface area contributed by atoms with Crippen molar-refractivity contribution in [1.82, 2.24) is 10.6 Å². The Bertz CT molecular complexity index is 823. The topological polar surface area (TPSA) is 65.5 Å². The molecule has 5 nitrogen and oxygen atoms in total. The summed E-state index contributed by atoms with van der Waals surface area (Å²) in [6.45, 7) is 5.96. The zero-order valence-corrected chi connectivity index (χ0v) is 19.6. The molecule has 1 aliphatic heterocycles. The smallest absolute Gasteiger partial charge is 0.225 e. The monoisotopic (exact) mass is 506 g/mol. The minimum atomic E-state index is 0. The molecule has 156 valence electrons. The zero-order chi connectivity index (χ0) is 19.9. The fourth-order valence-corrected chi connectivity index (χ4v) is 3.77. The summed E-state index contributed by atoms with van der Waals surface area (Å²) in [5.41, 5.74) is 3.42. The Kier molecular flexibility index (Phi) is 8.95. The predicted octanol–water partition coefficient (Wildman–Crippen LogP) is 4.34. The van der Waals surface area contributed by atoms with Crippen LogP contribution in [0.5, 0.6) is 0 Å². The number of carbonyl (C=O) groups is 1. The lowest BCUT2D eigenvalue weighted by Gasteiger charge is -2.27. The van der Waals surface area contributed by atoms with Crippen molar-refractivity contribution in [3.05, 3.63) is 65.7 Å². The van der Waals surface area contributed by atoms with E-state index in [0.717, 1.165) is 18.2 Å². The molecule has 2 aromatic carbocycles. The van der Waals surface area contributed by atoms with Crippen LogP contribution in [0, 0.1) is 5.92 Å². The molecule has 0 radical (unpaired) electrons. The van der Waals surface area contributed by atoms with Gasteiger partial charge in [0.15, 0.2) is 5.96 Å². The molecule has 0 aromatic heterocycles. The number of amides is 1. The Hall–Kier alpha value is -2.09. The lowest BCUT2D eigenvalue weighted by molar-refractivity contribution is -0.116. The van der Waals surface area contributed by atoms with E-state index in [0.29, 0.717) is 24.8 Å². The summed E-state index contributed by atoms with van der Waals surface area (Å²) in [6, 6.07) is 18.6. The third-order valence-electron chi connectivity index (χ3n) is 5.37. The van der Waals surface area contributed by atoms with Gasteiger partial charge in [-0.05, 0) is 23.1 Å². The third-order valence-corrected chi connectivity index (χ3v) is 5.37. The van der Waals surface area contributed by atoms with Crippen LogP contribution in [-0.2, 0) is 4.79 Å². The first kappa shape index (κ1) is 23.2. The fourth-order valence-electron chi connectivity index (χ4n) is 3.77. The lowest BCUT2D eigenvalue weighted by atomic mass is 9.88. The summed E-state index contributed by atoms with van der Waals surface area (Å²) >= 11 is 0. The first-order valence-electron chi connectivity index (χ1n) is 9.96. The van der Waals surface area contributed by atoms with Crippen LogP contribution in [0.1, 0.15) is 43.2 Å². The van der Waals surface area contributed by atoms with Crippen LogP contribution in [0.25, 0.3) is 0 Å². The van der Waals surface area contributed by atoms with E-state index in [1.807, 2.05) is 24.3 Å². The molecule has 1 heterocycles. The number of guanidine groups is 1. The number of halogens is 1. The van der Waals surface area contributed by atoms with E-state index in [1.54, 1.807) is 7.05 Å². The van der Waals surface area contributed by atoms with Gasteiger partial charge in [0.05, 0.1) is 0 Å². The molecule has 0 fully saturated rings. The standard InChI is InChI=1S/C23H30N4O.HI/c1-16(2)20(17-9-5-4-6-10-17)15-26-23(24-3)25-14-18-13-22(28)27-21-12-8-7-11-19(18)21;/h4-12,16,18,20H,13-15H2,1-3H3,(H,27,28)(H2,24,25,26);1H. The van der Waals surface area contributed by atoms with Gasteiger partial charge in [-0.25, -0.2) is 0 Å². The molecule has 0 aliphatic carbocycles. The predicted molar refractivity (Wildman–Crippen MR) is 131 cm³/mol. The Balaban J connectivity index is 0.00000300. The first-order valence-corrected chi connectivity index (χ1v) is 9.96. The van der Waals surface area contributed by atoms with Crippen LogP contribution in [0.2, 0.25) is 0 Å². The first-order chi connectivity index (χ1) is 13.6. The van der Waals surface area contributed by atoms with Gasteiger partial charge in [-0.15, -0.1) is 24.0 Å². The van der Waals surface area contributed by atoms with Gasteiger partial charge in [-0.1, -0.05) is 62.4 Å². The summed E-state index contributed by atoms with van der Waals surface area (Å²) in [6.07, 6.45) is 0.486. The van der Waals surface area contributed by atoms with E-state index >= 15 is 0 Å². The highest BCUT2D eigenvalue weighted by atomic mass is 127. The maximum atomic E-state index is 12.0. The van der Waals surface area contributed by atoms with Crippen LogP contribution in [0.15, 0.2) is 59.6 Å². The maximum absolute atomic E-state index is 12.0. The van der Waals surface area contributed by atoms with Crippen molar-refractivity contribution >= 4 is 41.5 Å². The zero-order valence-electron chi connectivity index (χ0n) is 17.3. The number of para-hydroxylation sites is 1. The SMILES string of the molecule is CN=C(NCC1CC(=O)Nc2ccccc21)NCC(c1ccccc1)C(C)C.I. The summed E-state index contributed by atoms with van der Waals surface area (Å²) in [5, 5.41) is 9.82. The quantitative estimate of drug-likeness (QED) is 0.311. The number of aliphatic imine (C=N–C) groups is 1. The number of fused-ring (bicyclic) bond motifs is 1. The summed E-state index contributed by atoms with van der Waals surface area (Å²) in [5.74, 6) is 1.89. The molecule has 6 heteroatoms. The molecule has 0 saturated carbocycles. The Morgan fingerprint density at radius 2 is 1.79 bits per heavy atom. The second-order valence-electron chi connectivity index (χ2n) is 7.63. The van der Waals surface area contributed by atoms with Crippen molar-refractivity contribution in [2.75, 3.05) is 25.5 Å². The van der Waals surface area contributed by atoms with Crippen LogP contribution in [-0.4, -0.2) is 32.0 Å². The minimum Gasteiger partial charge on any atom is -0.356 e. The second-order valence-corrected chi connectivity index (χ2v) is 7.63. The highest BCUT2D eigenvalue weighted by molar-refractivity contribution is 14.0.